The summed E-state index contributed by atoms with van der Waals surface area (Å²) in [5.74, 6) is -0.892. The number of aryl methyl sites for hydroxylation is 1. The van der Waals surface area contributed by atoms with Crippen LogP contribution in [0.3, 0.4) is 0 Å². The number of carbonyl (C=O) groups excluding carboxylic acids is 2. The number of piperidine rings is 1. The molecule has 1 aliphatic rings. The van der Waals surface area contributed by atoms with Gasteiger partial charge in [-0.25, -0.2) is 0 Å². The highest BCUT2D eigenvalue weighted by Crippen LogP contribution is 2.33. The van der Waals surface area contributed by atoms with Gasteiger partial charge in [0.1, 0.15) is 5.75 Å². The predicted molar refractivity (Wildman–Crippen MR) is 148 cm³/mol. The minimum absolute atomic E-state index is 0.0887. The van der Waals surface area contributed by atoms with Crippen molar-refractivity contribution < 1.29 is 27.5 Å². The smallest absolute Gasteiger partial charge is 0.405 e. The van der Waals surface area contributed by atoms with Gasteiger partial charge in [-0.05, 0) is 59.9 Å². The number of carbonyl (C=O) groups is 2. The SMILES string of the molecule is CC(=O)NCC(=O)N1CCC(NCc2cc(-c3ccc(C#N)cc3C)ccc2OC(F)(F)F)C(c2ccccc2)C1. The fraction of sp³-hybridized carbons (Fsp3) is 0.323. The van der Waals surface area contributed by atoms with Gasteiger partial charge in [0.25, 0.3) is 0 Å². The maximum absolute atomic E-state index is 13.3. The minimum Gasteiger partial charge on any atom is -0.405 e. The Morgan fingerprint density at radius 2 is 1.85 bits per heavy atom. The van der Waals surface area contributed by atoms with E-state index >= 15 is 0 Å². The molecular formula is C31H31F3N4O3. The number of likely N-dealkylation sites (tertiary alicyclic amines) is 1. The molecule has 0 spiro atoms. The van der Waals surface area contributed by atoms with Gasteiger partial charge in [0.15, 0.2) is 0 Å². The number of ether oxygens (including phenoxy) is 1. The number of halogens is 3. The zero-order chi connectivity index (χ0) is 29.6. The van der Waals surface area contributed by atoms with Crippen LogP contribution in [0.25, 0.3) is 11.1 Å². The van der Waals surface area contributed by atoms with Crippen molar-refractivity contribution in [3.05, 3.63) is 89.0 Å². The third-order valence-corrected chi connectivity index (χ3v) is 7.19. The number of hydrogen-bond acceptors (Lipinski definition) is 5. The van der Waals surface area contributed by atoms with Gasteiger partial charge in [0, 0.05) is 44.1 Å². The van der Waals surface area contributed by atoms with E-state index in [4.69, 9.17) is 0 Å². The van der Waals surface area contributed by atoms with Gasteiger partial charge in [0.05, 0.1) is 18.2 Å². The topological polar surface area (TPSA) is 94.5 Å². The van der Waals surface area contributed by atoms with Gasteiger partial charge in [-0.15, -0.1) is 13.2 Å². The van der Waals surface area contributed by atoms with E-state index in [2.05, 4.69) is 21.4 Å². The first-order valence-electron chi connectivity index (χ1n) is 13.2. The lowest BCUT2D eigenvalue weighted by Gasteiger charge is -2.39. The second-order valence-corrected chi connectivity index (χ2v) is 10.1. The average molecular weight is 565 g/mol. The molecule has 2 amide bonds. The number of nitrogens with one attached hydrogen (secondary N) is 2. The summed E-state index contributed by atoms with van der Waals surface area (Å²) < 4.78 is 44.2. The lowest BCUT2D eigenvalue weighted by molar-refractivity contribution is -0.274. The van der Waals surface area contributed by atoms with Gasteiger partial charge in [-0.2, -0.15) is 5.26 Å². The van der Waals surface area contributed by atoms with Crippen molar-refractivity contribution in [1.82, 2.24) is 15.5 Å². The quantitative estimate of drug-likeness (QED) is 0.400. The molecule has 0 saturated carbocycles. The molecule has 1 heterocycles. The van der Waals surface area contributed by atoms with E-state index in [1.54, 1.807) is 35.2 Å². The number of nitriles is 1. The van der Waals surface area contributed by atoms with Gasteiger partial charge < -0.3 is 20.3 Å². The van der Waals surface area contributed by atoms with Crippen LogP contribution >= 0.6 is 0 Å². The number of nitrogens with zero attached hydrogens (tertiary/aromatic N) is 2. The number of benzene rings is 3. The van der Waals surface area contributed by atoms with E-state index in [1.165, 1.54) is 13.0 Å². The Labute approximate surface area is 236 Å². The highest BCUT2D eigenvalue weighted by Gasteiger charge is 2.34. The average Bonchev–Trinajstić information content (AvgIpc) is 2.95. The molecule has 2 atom stereocenters. The second kappa shape index (κ2) is 12.9. The maximum Gasteiger partial charge on any atom is 0.573 e. The van der Waals surface area contributed by atoms with Crippen LogP contribution in [0.2, 0.25) is 0 Å². The van der Waals surface area contributed by atoms with Crippen LogP contribution in [0.5, 0.6) is 5.75 Å². The summed E-state index contributed by atoms with van der Waals surface area (Å²) in [5, 5.41) is 15.2. The van der Waals surface area contributed by atoms with Crippen LogP contribution in [0, 0.1) is 18.3 Å². The van der Waals surface area contributed by atoms with Crippen molar-refractivity contribution in [2.24, 2.45) is 0 Å². The van der Waals surface area contributed by atoms with Crippen LogP contribution < -0.4 is 15.4 Å². The molecule has 1 fully saturated rings. The highest BCUT2D eigenvalue weighted by atomic mass is 19.4. The Balaban J connectivity index is 1.59. The van der Waals surface area contributed by atoms with E-state index in [9.17, 15) is 28.0 Å². The third-order valence-electron chi connectivity index (χ3n) is 7.19. The summed E-state index contributed by atoms with van der Waals surface area (Å²) >= 11 is 0. The standard InChI is InChI=1S/C31H31F3N4O3/c1-20-14-22(16-35)8-10-26(20)24-9-11-29(41-31(32,33)34)25(15-24)17-37-28-12-13-38(30(40)18-36-21(2)39)19-27(28)23-6-4-3-5-7-23/h3-11,14-15,27-28,37H,12-13,17-19H2,1-2H3,(H,36,39). The van der Waals surface area contributed by atoms with Gasteiger partial charge in [0.2, 0.25) is 11.8 Å². The molecule has 0 aromatic heterocycles. The van der Waals surface area contributed by atoms with E-state index in [0.29, 0.717) is 36.2 Å². The summed E-state index contributed by atoms with van der Waals surface area (Å²) in [6.07, 6.45) is -4.29. The number of amides is 2. The van der Waals surface area contributed by atoms with Crippen molar-refractivity contribution in [3.8, 4) is 22.9 Å². The van der Waals surface area contributed by atoms with Gasteiger partial charge in [-0.1, -0.05) is 42.5 Å². The van der Waals surface area contributed by atoms with Gasteiger partial charge in [-0.3, -0.25) is 9.59 Å². The van der Waals surface area contributed by atoms with E-state index in [1.807, 2.05) is 37.3 Å². The predicted octanol–water partition coefficient (Wildman–Crippen LogP) is 5.04. The number of rotatable bonds is 8. The van der Waals surface area contributed by atoms with Crippen molar-refractivity contribution in [2.75, 3.05) is 19.6 Å². The Hall–Kier alpha value is -4.36. The monoisotopic (exact) mass is 564 g/mol. The summed E-state index contributed by atoms with van der Waals surface area (Å²) in [6.45, 7) is 4.05. The van der Waals surface area contributed by atoms with E-state index in [-0.39, 0.29) is 42.6 Å². The van der Waals surface area contributed by atoms with Crippen LogP contribution in [-0.2, 0) is 16.1 Å². The molecule has 2 unspecified atom stereocenters. The van der Waals surface area contributed by atoms with Crippen molar-refractivity contribution >= 4 is 11.8 Å². The first-order chi connectivity index (χ1) is 19.5. The van der Waals surface area contributed by atoms with Crippen LogP contribution in [0.15, 0.2) is 66.7 Å². The van der Waals surface area contributed by atoms with Gasteiger partial charge >= 0.3 is 6.36 Å². The molecule has 3 aromatic carbocycles. The molecule has 3 aromatic rings. The Morgan fingerprint density at radius 3 is 2.51 bits per heavy atom. The van der Waals surface area contributed by atoms with Crippen LogP contribution in [-0.4, -0.2) is 48.8 Å². The minimum atomic E-state index is -4.85. The Kier molecular flexibility index (Phi) is 9.30. The molecule has 2 N–H and O–H groups in total. The highest BCUT2D eigenvalue weighted by molar-refractivity contribution is 5.83. The molecule has 10 heteroatoms. The normalized spacial score (nSPS) is 17.0. The number of alkyl halides is 3. The molecule has 1 aliphatic heterocycles. The maximum atomic E-state index is 13.3. The number of hydrogen-bond donors (Lipinski definition) is 2. The molecule has 0 radical (unpaired) electrons. The lowest BCUT2D eigenvalue weighted by atomic mass is 9.85. The molecular weight excluding hydrogens is 533 g/mol. The molecule has 41 heavy (non-hydrogen) atoms. The van der Waals surface area contributed by atoms with E-state index in [0.717, 1.165) is 16.7 Å². The molecule has 1 saturated heterocycles. The van der Waals surface area contributed by atoms with Crippen LogP contribution in [0.1, 0.15) is 41.5 Å². The van der Waals surface area contributed by atoms with E-state index < -0.39 is 6.36 Å². The Bertz CT molecular complexity index is 1440. The Morgan fingerprint density at radius 1 is 1.10 bits per heavy atom. The fourth-order valence-electron chi connectivity index (χ4n) is 5.18. The van der Waals surface area contributed by atoms with Crippen LogP contribution in [0.4, 0.5) is 13.2 Å². The molecule has 214 valence electrons. The fourth-order valence-corrected chi connectivity index (χ4v) is 5.18. The molecule has 0 bridgehead atoms. The molecule has 0 aliphatic carbocycles. The largest absolute Gasteiger partial charge is 0.573 e. The summed E-state index contributed by atoms with van der Waals surface area (Å²) in [5.41, 5.74) is 4.16. The van der Waals surface area contributed by atoms with Crippen molar-refractivity contribution in [1.29, 1.82) is 5.26 Å². The first-order valence-corrected chi connectivity index (χ1v) is 13.2. The summed E-state index contributed by atoms with van der Waals surface area (Å²) in [7, 11) is 0. The lowest BCUT2D eigenvalue weighted by Crippen LogP contribution is -2.51. The second-order valence-electron chi connectivity index (χ2n) is 10.1. The molecule has 4 rings (SSSR count). The summed E-state index contributed by atoms with van der Waals surface area (Å²) in [6, 6.07) is 21.3. The molecule has 7 nitrogen and oxygen atoms in total. The zero-order valence-corrected chi connectivity index (χ0v) is 22.8. The van der Waals surface area contributed by atoms with Crippen molar-refractivity contribution in [2.45, 2.75) is 45.1 Å². The van der Waals surface area contributed by atoms with Crippen molar-refractivity contribution in [3.63, 3.8) is 0 Å². The zero-order valence-electron chi connectivity index (χ0n) is 22.8. The summed E-state index contributed by atoms with van der Waals surface area (Å²) in [4.78, 5) is 25.7. The first kappa shape index (κ1) is 29.6. The third kappa shape index (κ3) is 7.86.